The monoisotopic (exact) mass is 317 g/mol. The molecule has 0 aliphatic rings. The van der Waals surface area contributed by atoms with Crippen LogP contribution in [0.1, 0.15) is 24.4 Å². The highest BCUT2D eigenvalue weighted by Gasteiger charge is 2.16. The van der Waals surface area contributed by atoms with Crippen LogP contribution in [0.3, 0.4) is 0 Å². The van der Waals surface area contributed by atoms with Crippen LogP contribution in [0.2, 0.25) is 5.02 Å². The zero-order chi connectivity index (χ0) is 15.5. The summed E-state index contributed by atoms with van der Waals surface area (Å²) in [5.74, 6) is 1.65. The molecule has 0 bridgehead atoms. The Morgan fingerprint density at radius 1 is 1.32 bits per heavy atom. The van der Waals surface area contributed by atoms with Crippen LogP contribution in [0.25, 0.3) is 0 Å². The first-order valence-electron chi connectivity index (χ1n) is 6.87. The van der Waals surface area contributed by atoms with Crippen molar-refractivity contribution in [2.75, 3.05) is 7.11 Å². The Morgan fingerprint density at radius 3 is 2.91 bits per heavy atom. The maximum atomic E-state index is 5.93. The summed E-state index contributed by atoms with van der Waals surface area (Å²) in [4.78, 5) is 4.36. The van der Waals surface area contributed by atoms with Crippen molar-refractivity contribution in [1.29, 1.82) is 0 Å². The highest BCUT2D eigenvalue weighted by molar-refractivity contribution is 6.30. The van der Waals surface area contributed by atoms with Gasteiger partial charge in [0.25, 0.3) is 0 Å². The van der Waals surface area contributed by atoms with Crippen molar-refractivity contribution in [3.8, 4) is 5.75 Å². The average Bonchev–Trinajstić information content (AvgIpc) is 3.16. The largest absolute Gasteiger partial charge is 0.497 e. The molecule has 3 rings (SSSR count). The predicted molar refractivity (Wildman–Crippen MR) is 83.2 cm³/mol. The minimum absolute atomic E-state index is 0.0550. The molecule has 0 N–H and O–H groups in total. The molecule has 2 aromatic heterocycles. The fraction of sp³-hybridized carbons (Fsp3) is 0.267. The first-order chi connectivity index (χ1) is 10.7. The molecular formula is C15H16ClN5O. The van der Waals surface area contributed by atoms with E-state index in [-0.39, 0.29) is 6.04 Å². The van der Waals surface area contributed by atoms with Gasteiger partial charge in [-0.1, -0.05) is 23.7 Å². The lowest BCUT2D eigenvalue weighted by Gasteiger charge is -2.13. The number of ether oxygens (including phenoxy) is 1. The zero-order valence-electron chi connectivity index (χ0n) is 12.3. The van der Waals surface area contributed by atoms with E-state index in [9.17, 15) is 0 Å². The Balaban J connectivity index is 1.85. The predicted octanol–water partition coefficient (Wildman–Crippen LogP) is 2.79. The zero-order valence-corrected chi connectivity index (χ0v) is 13.1. The molecule has 0 radical (unpaired) electrons. The lowest BCUT2D eigenvalue weighted by atomic mass is 10.2. The summed E-state index contributed by atoms with van der Waals surface area (Å²) in [6.07, 6.45) is 4.94. The molecule has 1 aromatic carbocycles. The number of benzene rings is 1. The number of halogens is 1. The van der Waals surface area contributed by atoms with Crippen LogP contribution in [0.4, 0.5) is 0 Å². The van der Waals surface area contributed by atoms with E-state index in [0.717, 1.165) is 17.1 Å². The summed E-state index contributed by atoms with van der Waals surface area (Å²) < 4.78 is 8.88. The van der Waals surface area contributed by atoms with Gasteiger partial charge in [0.15, 0.2) is 5.82 Å². The SMILES string of the molecule is COc1cccc(Cn2ncnc2[C@H](C)n2cc(Cl)cn2)c1. The number of methoxy groups -OCH3 is 1. The summed E-state index contributed by atoms with van der Waals surface area (Å²) in [5.41, 5.74) is 1.09. The Labute approximate surface area is 133 Å². The Morgan fingerprint density at radius 2 is 2.18 bits per heavy atom. The topological polar surface area (TPSA) is 57.8 Å². The van der Waals surface area contributed by atoms with Gasteiger partial charge in [-0.15, -0.1) is 0 Å². The third-order valence-corrected chi connectivity index (χ3v) is 3.65. The third kappa shape index (κ3) is 2.96. The van der Waals surface area contributed by atoms with Gasteiger partial charge in [0, 0.05) is 6.20 Å². The number of aromatic nitrogens is 5. The second-order valence-corrected chi connectivity index (χ2v) is 5.38. The molecule has 0 amide bonds. The van der Waals surface area contributed by atoms with Crippen molar-refractivity contribution < 1.29 is 4.74 Å². The summed E-state index contributed by atoms with van der Waals surface area (Å²) in [6, 6.07) is 7.84. The molecule has 0 fully saturated rings. The molecular weight excluding hydrogens is 302 g/mol. The minimum Gasteiger partial charge on any atom is -0.497 e. The van der Waals surface area contributed by atoms with Crippen molar-refractivity contribution in [2.45, 2.75) is 19.5 Å². The van der Waals surface area contributed by atoms with Gasteiger partial charge < -0.3 is 4.74 Å². The second kappa shape index (κ2) is 6.19. The van der Waals surface area contributed by atoms with Crippen LogP contribution in [-0.2, 0) is 6.54 Å². The van der Waals surface area contributed by atoms with E-state index >= 15 is 0 Å². The van der Waals surface area contributed by atoms with E-state index < -0.39 is 0 Å². The van der Waals surface area contributed by atoms with Crippen molar-refractivity contribution in [3.63, 3.8) is 0 Å². The maximum Gasteiger partial charge on any atom is 0.151 e. The Hall–Kier alpha value is -2.34. The van der Waals surface area contributed by atoms with Crippen LogP contribution in [0.15, 0.2) is 43.0 Å². The van der Waals surface area contributed by atoms with Crippen molar-refractivity contribution in [1.82, 2.24) is 24.5 Å². The highest BCUT2D eigenvalue weighted by atomic mass is 35.5. The molecule has 3 aromatic rings. The Kier molecular flexibility index (Phi) is 4.11. The minimum atomic E-state index is -0.0550. The summed E-state index contributed by atoms with van der Waals surface area (Å²) in [6.45, 7) is 2.63. The van der Waals surface area contributed by atoms with E-state index in [0.29, 0.717) is 11.6 Å². The van der Waals surface area contributed by atoms with Gasteiger partial charge in [0.1, 0.15) is 18.1 Å². The van der Waals surface area contributed by atoms with Gasteiger partial charge in [0.05, 0.1) is 24.9 Å². The van der Waals surface area contributed by atoms with Crippen molar-refractivity contribution >= 4 is 11.6 Å². The van der Waals surface area contributed by atoms with Gasteiger partial charge in [-0.3, -0.25) is 4.68 Å². The van der Waals surface area contributed by atoms with Crippen molar-refractivity contribution in [3.05, 3.63) is 59.4 Å². The van der Waals surface area contributed by atoms with E-state index in [1.807, 2.05) is 35.9 Å². The summed E-state index contributed by atoms with van der Waals surface area (Å²) in [5, 5.41) is 9.14. The van der Waals surface area contributed by atoms with Gasteiger partial charge in [-0.2, -0.15) is 10.2 Å². The standard InChI is InChI=1S/C15H16ClN5O/c1-11(20-9-13(16)7-18-20)15-17-10-19-21(15)8-12-4-3-5-14(6-12)22-2/h3-7,9-11H,8H2,1-2H3/t11-/m0/s1. The quantitative estimate of drug-likeness (QED) is 0.726. The number of hydrogen-bond donors (Lipinski definition) is 0. The van der Waals surface area contributed by atoms with Crippen molar-refractivity contribution in [2.24, 2.45) is 0 Å². The third-order valence-electron chi connectivity index (χ3n) is 3.45. The van der Waals surface area contributed by atoms with Crippen LogP contribution < -0.4 is 4.74 Å². The van der Waals surface area contributed by atoms with E-state index in [2.05, 4.69) is 15.2 Å². The van der Waals surface area contributed by atoms with Gasteiger partial charge in [-0.25, -0.2) is 9.67 Å². The second-order valence-electron chi connectivity index (χ2n) is 4.94. The number of nitrogens with zero attached hydrogens (tertiary/aromatic N) is 5. The average molecular weight is 318 g/mol. The molecule has 22 heavy (non-hydrogen) atoms. The van der Waals surface area contributed by atoms with E-state index in [4.69, 9.17) is 16.3 Å². The molecule has 0 saturated heterocycles. The van der Waals surface area contributed by atoms with E-state index in [1.54, 1.807) is 30.5 Å². The van der Waals surface area contributed by atoms with Crippen LogP contribution in [0.5, 0.6) is 5.75 Å². The number of rotatable bonds is 5. The first kappa shape index (κ1) is 14.6. The van der Waals surface area contributed by atoms with Gasteiger partial charge in [-0.05, 0) is 24.6 Å². The molecule has 0 unspecified atom stereocenters. The number of hydrogen-bond acceptors (Lipinski definition) is 4. The molecule has 1 atom stereocenters. The molecule has 6 nitrogen and oxygen atoms in total. The molecule has 2 heterocycles. The summed E-state index contributed by atoms with van der Waals surface area (Å²) in [7, 11) is 1.66. The lowest BCUT2D eigenvalue weighted by Crippen LogP contribution is -2.15. The molecule has 7 heteroatoms. The molecule has 114 valence electrons. The fourth-order valence-electron chi connectivity index (χ4n) is 2.31. The lowest BCUT2D eigenvalue weighted by molar-refractivity contribution is 0.414. The smallest absolute Gasteiger partial charge is 0.151 e. The molecule has 0 spiro atoms. The molecule has 0 aliphatic carbocycles. The fourth-order valence-corrected chi connectivity index (χ4v) is 2.45. The van der Waals surface area contributed by atoms with Gasteiger partial charge in [0.2, 0.25) is 0 Å². The molecule has 0 aliphatic heterocycles. The highest BCUT2D eigenvalue weighted by Crippen LogP contribution is 2.19. The summed E-state index contributed by atoms with van der Waals surface area (Å²) >= 11 is 5.93. The van der Waals surface area contributed by atoms with E-state index in [1.165, 1.54) is 0 Å². The maximum absolute atomic E-state index is 5.93. The Bertz CT molecular complexity index is 767. The first-order valence-corrected chi connectivity index (χ1v) is 7.25. The van der Waals surface area contributed by atoms with Crippen LogP contribution in [-0.4, -0.2) is 31.7 Å². The van der Waals surface area contributed by atoms with Crippen LogP contribution >= 0.6 is 11.6 Å². The van der Waals surface area contributed by atoms with Gasteiger partial charge >= 0.3 is 0 Å². The molecule has 0 saturated carbocycles. The van der Waals surface area contributed by atoms with Crippen LogP contribution in [0, 0.1) is 0 Å². The normalized spacial score (nSPS) is 12.3.